The van der Waals surface area contributed by atoms with E-state index in [1.807, 2.05) is 0 Å². The molecule has 1 aromatic heterocycles. The van der Waals surface area contributed by atoms with Crippen molar-refractivity contribution in [3.05, 3.63) is 17.8 Å². The van der Waals surface area contributed by atoms with Gasteiger partial charge >= 0.3 is 0 Å². The Balaban J connectivity index is 1.55. The molecule has 128 valence electrons. The summed E-state index contributed by atoms with van der Waals surface area (Å²) >= 11 is 0. The van der Waals surface area contributed by atoms with E-state index in [1.54, 1.807) is 6.20 Å². The Morgan fingerprint density at radius 1 is 1.35 bits per heavy atom. The van der Waals surface area contributed by atoms with Crippen LogP contribution in [0.25, 0.3) is 0 Å². The van der Waals surface area contributed by atoms with E-state index < -0.39 is 0 Å². The van der Waals surface area contributed by atoms with E-state index in [9.17, 15) is 4.79 Å². The second kappa shape index (κ2) is 6.27. The van der Waals surface area contributed by atoms with Gasteiger partial charge in [0.15, 0.2) is 0 Å². The van der Waals surface area contributed by atoms with Crippen LogP contribution in [0.15, 0.2) is 10.6 Å². The van der Waals surface area contributed by atoms with E-state index >= 15 is 0 Å². The number of carbonyl (C=O) groups excluding carboxylic acids is 1. The largest absolute Gasteiger partial charge is 0.443 e. The number of amides is 1. The molecule has 3 rings (SSSR count). The number of hydrogen-bond donors (Lipinski definition) is 2. The molecule has 2 unspecified atom stereocenters. The van der Waals surface area contributed by atoms with Crippen molar-refractivity contribution in [2.75, 3.05) is 0 Å². The van der Waals surface area contributed by atoms with Crippen molar-refractivity contribution < 1.29 is 9.21 Å². The Kier molecular flexibility index (Phi) is 4.50. The molecule has 0 spiro atoms. The van der Waals surface area contributed by atoms with E-state index in [0.29, 0.717) is 30.3 Å². The molecule has 2 atom stereocenters. The second-order valence-corrected chi connectivity index (χ2v) is 8.28. The standard InChI is InChI=1S/C18H29N3O2/c1-18(2,3)14-9-20-15(23-14)10-21-17(22)13-7-11-5-4-6-12(8-13)16(11)19/h9,11-13,16H,4-8,10,19H2,1-3H3,(H,21,22). The van der Waals surface area contributed by atoms with Gasteiger partial charge in [0.05, 0.1) is 12.7 Å². The van der Waals surface area contributed by atoms with E-state index in [-0.39, 0.29) is 17.2 Å². The fourth-order valence-corrected chi connectivity index (χ4v) is 4.05. The number of hydrogen-bond acceptors (Lipinski definition) is 4. The Morgan fingerprint density at radius 2 is 2.00 bits per heavy atom. The highest BCUT2D eigenvalue weighted by molar-refractivity contribution is 5.78. The molecule has 2 bridgehead atoms. The first-order valence-corrected chi connectivity index (χ1v) is 8.83. The molecule has 23 heavy (non-hydrogen) atoms. The van der Waals surface area contributed by atoms with Gasteiger partial charge in [-0.2, -0.15) is 0 Å². The molecule has 2 fully saturated rings. The number of fused-ring (bicyclic) bond motifs is 2. The average Bonchev–Trinajstić information content (AvgIpc) is 2.93. The minimum Gasteiger partial charge on any atom is -0.443 e. The SMILES string of the molecule is CC(C)(C)c1cnc(CNC(=O)C2CC3CCCC(C2)C3N)o1. The van der Waals surface area contributed by atoms with Gasteiger partial charge in [-0.25, -0.2) is 4.98 Å². The van der Waals surface area contributed by atoms with Crippen molar-refractivity contribution in [1.29, 1.82) is 0 Å². The third kappa shape index (κ3) is 3.60. The maximum atomic E-state index is 12.5. The molecule has 1 aromatic rings. The zero-order chi connectivity index (χ0) is 16.6. The zero-order valence-corrected chi connectivity index (χ0v) is 14.5. The van der Waals surface area contributed by atoms with Gasteiger partial charge in [0.1, 0.15) is 5.76 Å². The van der Waals surface area contributed by atoms with E-state index in [2.05, 4.69) is 31.1 Å². The smallest absolute Gasteiger partial charge is 0.223 e. The Labute approximate surface area is 138 Å². The van der Waals surface area contributed by atoms with Crippen LogP contribution in [0, 0.1) is 17.8 Å². The van der Waals surface area contributed by atoms with Crippen LogP contribution in [0.3, 0.4) is 0 Å². The predicted molar refractivity (Wildman–Crippen MR) is 88.6 cm³/mol. The van der Waals surface area contributed by atoms with Crippen molar-refractivity contribution in [3.63, 3.8) is 0 Å². The summed E-state index contributed by atoms with van der Waals surface area (Å²) in [5.41, 5.74) is 6.24. The van der Waals surface area contributed by atoms with Gasteiger partial charge in [-0.05, 0) is 37.5 Å². The third-order valence-electron chi connectivity index (χ3n) is 5.49. The molecule has 0 aromatic carbocycles. The fourth-order valence-electron chi connectivity index (χ4n) is 4.05. The van der Waals surface area contributed by atoms with Gasteiger partial charge < -0.3 is 15.5 Å². The maximum absolute atomic E-state index is 12.5. The lowest BCUT2D eigenvalue weighted by molar-refractivity contribution is -0.128. The first-order valence-electron chi connectivity index (χ1n) is 8.83. The number of nitrogens with one attached hydrogen (secondary N) is 1. The van der Waals surface area contributed by atoms with Crippen molar-refractivity contribution in [3.8, 4) is 0 Å². The van der Waals surface area contributed by atoms with Gasteiger partial charge in [-0.3, -0.25) is 4.79 Å². The highest BCUT2D eigenvalue weighted by Crippen LogP contribution is 2.41. The summed E-state index contributed by atoms with van der Waals surface area (Å²) in [6.07, 6.45) is 7.24. The monoisotopic (exact) mass is 319 g/mol. The molecule has 2 aliphatic rings. The van der Waals surface area contributed by atoms with E-state index in [0.717, 1.165) is 18.6 Å². The molecule has 3 N–H and O–H groups in total. The van der Waals surface area contributed by atoms with E-state index in [1.165, 1.54) is 19.3 Å². The van der Waals surface area contributed by atoms with Gasteiger partial charge in [0.25, 0.3) is 0 Å². The van der Waals surface area contributed by atoms with Crippen LogP contribution in [0.4, 0.5) is 0 Å². The minimum atomic E-state index is -0.0633. The number of oxazole rings is 1. The summed E-state index contributed by atoms with van der Waals surface area (Å²) in [4.78, 5) is 16.8. The van der Waals surface area contributed by atoms with Crippen LogP contribution in [0.1, 0.15) is 64.5 Å². The molecule has 1 heterocycles. The van der Waals surface area contributed by atoms with Gasteiger partial charge in [-0.15, -0.1) is 0 Å². The van der Waals surface area contributed by atoms with E-state index in [4.69, 9.17) is 10.2 Å². The second-order valence-electron chi connectivity index (χ2n) is 8.28. The molecule has 0 saturated heterocycles. The fraction of sp³-hybridized carbons (Fsp3) is 0.778. The number of nitrogens with two attached hydrogens (primary N) is 1. The maximum Gasteiger partial charge on any atom is 0.223 e. The van der Waals surface area contributed by atoms with Crippen LogP contribution < -0.4 is 11.1 Å². The van der Waals surface area contributed by atoms with Crippen LogP contribution in [0.2, 0.25) is 0 Å². The van der Waals surface area contributed by atoms with Crippen LogP contribution in [-0.4, -0.2) is 16.9 Å². The summed E-state index contributed by atoms with van der Waals surface area (Å²) in [6.45, 7) is 6.62. The number of carbonyl (C=O) groups is 1. The van der Waals surface area contributed by atoms with Crippen molar-refractivity contribution in [2.45, 2.75) is 70.9 Å². The number of aromatic nitrogens is 1. The topological polar surface area (TPSA) is 81.2 Å². The molecule has 0 aliphatic heterocycles. The number of nitrogens with zero attached hydrogens (tertiary/aromatic N) is 1. The molecule has 2 saturated carbocycles. The van der Waals surface area contributed by atoms with Crippen molar-refractivity contribution in [1.82, 2.24) is 10.3 Å². The van der Waals surface area contributed by atoms with Crippen molar-refractivity contribution >= 4 is 5.91 Å². The first kappa shape index (κ1) is 16.5. The highest BCUT2D eigenvalue weighted by Gasteiger charge is 2.40. The molecule has 2 aliphatic carbocycles. The summed E-state index contributed by atoms with van der Waals surface area (Å²) < 4.78 is 5.73. The normalized spacial score (nSPS) is 31.0. The summed E-state index contributed by atoms with van der Waals surface area (Å²) in [5, 5.41) is 3.00. The Hall–Kier alpha value is -1.36. The molecule has 5 nitrogen and oxygen atoms in total. The molecular weight excluding hydrogens is 290 g/mol. The Morgan fingerprint density at radius 3 is 2.57 bits per heavy atom. The minimum absolute atomic E-state index is 0.0633. The summed E-state index contributed by atoms with van der Waals surface area (Å²) in [5.74, 6) is 2.70. The van der Waals surface area contributed by atoms with Gasteiger partial charge in [0, 0.05) is 17.4 Å². The molecular formula is C18H29N3O2. The zero-order valence-electron chi connectivity index (χ0n) is 14.5. The molecule has 1 amide bonds. The quantitative estimate of drug-likeness (QED) is 0.897. The third-order valence-corrected chi connectivity index (χ3v) is 5.49. The van der Waals surface area contributed by atoms with Crippen LogP contribution >= 0.6 is 0 Å². The van der Waals surface area contributed by atoms with Crippen LogP contribution in [0.5, 0.6) is 0 Å². The van der Waals surface area contributed by atoms with Crippen LogP contribution in [-0.2, 0) is 16.8 Å². The molecule has 5 heteroatoms. The Bertz CT molecular complexity index is 547. The first-order chi connectivity index (χ1) is 10.8. The number of rotatable bonds is 3. The van der Waals surface area contributed by atoms with Gasteiger partial charge in [0.2, 0.25) is 11.8 Å². The highest BCUT2D eigenvalue weighted by atomic mass is 16.4. The van der Waals surface area contributed by atoms with Crippen molar-refractivity contribution in [2.24, 2.45) is 23.5 Å². The summed E-state index contributed by atoms with van der Waals surface area (Å²) in [7, 11) is 0. The lowest BCUT2D eigenvalue weighted by Gasteiger charge is -2.43. The molecule has 0 radical (unpaired) electrons. The summed E-state index contributed by atoms with van der Waals surface area (Å²) in [6, 6.07) is 0.300. The van der Waals surface area contributed by atoms with Gasteiger partial charge in [-0.1, -0.05) is 27.2 Å². The predicted octanol–water partition coefficient (Wildman–Crippen LogP) is 2.74. The lowest BCUT2D eigenvalue weighted by Crippen LogP contribution is -2.49. The lowest BCUT2D eigenvalue weighted by atomic mass is 9.65. The average molecular weight is 319 g/mol.